The molecule has 1 fully saturated rings. The number of carbonyl (C=O) groups is 1. The minimum atomic E-state index is -0.00500. The van der Waals surface area contributed by atoms with E-state index in [1.54, 1.807) is 10.9 Å². The van der Waals surface area contributed by atoms with Gasteiger partial charge in [0.05, 0.1) is 5.69 Å². The van der Waals surface area contributed by atoms with E-state index in [-0.39, 0.29) is 11.9 Å². The van der Waals surface area contributed by atoms with Gasteiger partial charge in [-0.15, -0.1) is 0 Å². The molecule has 1 saturated heterocycles. The molecule has 1 aromatic carbocycles. The van der Waals surface area contributed by atoms with Crippen LogP contribution < -0.4 is 5.32 Å². The Bertz CT molecular complexity index is 853. The minimum Gasteiger partial charge on any atom is -0.349 e. The van der Waals surface area contributed by atoms with Crippen LogP contribution in [0.1, 0.15) is 28.8 Å². The second-order valence-electron chi connectivity index (χ2n) is 6.88. The second-order valence-corrected chi connectivity index (χ2v) is 6.88. The molecule has 0 atom stereocenters. The van der Waals surface area contributed by atoms with E-state index < -0.39 is 0 Å². The Morgan fingerprint density at radius 3 is 2.44 bits per heavy atom. The molecular formula is C21H23N5O. The Balaban J connectivity index is 1.28. The predicted octanol–water partition coefficient (Wildman–Crippen LogP) is 2.66. The highest BCUT2D eigenvalue weighted by Gasteiger charge is 2.21. The number of benzene rings is 1. The molecule has 6 heteroatoms. The molecule has 1 amide bonds. The number of carbonyl (C=O) groups excluding carboxylic acids is 1. The highest BCUT2D eigenvalue weighted by atomic mass is 16.1. The number of rotatable bonds is 5. The highest BCUT2D eigenvalue weighted by molar-refractivity contribution is 5.94. The molecule has 3 heterocycles. The van der Waals surface area contributed by atoms with Crippen LogP contribution in [-0.2, 0) is 6.54 Å². The van der Waals surface area contributed by atoms with E-state index in [0.717, 1.165) is 38.2 Å². The summed E-state index contributed by atoms with van der Waals surface area (Å²) in [5.41, 5.74) is 2.91. The van der Waals surface area contributed by atoms with Crippen LogP contribution in [0.15, 0.2) is 67.3 Å². The van der Waals surface area contributed by atoms with Crippen LogP contribution in [0.4, 0.5) is 0 Å². The van der Waals surface area contributed by atoms with E-state index in [4.69, 9.17) is 0 Å². The SMILES string of the molecule is O=C(NC1CCN(Cc2ccncc2)CC1)c1ccc(-n2cccn2)cc1. The van der Waals surface area contributed by atoms with Gasteiger partial charge in [-0.05, 0) is 60.9 Å². The van der Waals surface area contributed by atoms with E-state index in [2.05, 4.69) is 32.4 Å². The maximum Gasteiger partial charge on any atom is 0.251 e. The summed E-state index contributed by atoms with van der Waals surface area (Å²) >= 11 is 0. The van der Waals surface area contributed by atoms with Gasteiger partial charge in [-0.3, -0.25) is 14.7 Å². The average Bonchev–Trinajstić information content (AvgIpc) is 3.25. The van der Waals surface area contributed by atoms with E-state index in [0.29, 0.717) is 5.56 Å². The zero-order valence-corrected chi connectivity index (χ0v) is 15.2. The summed E-state index contributed by atoms with van der Waals surface area (Å²) in [6.45, 7) is 2.93. The molecule has 138 valence electrons. The first-order chi connectivity index (χ1) is 13.3. The van der Waals surface area contributed by atoms with Crippen molar-refractivity contribution in [2.24, 2.45) is 0 Å². The highest BCUT2D eigenvalue weighted by Crippen LogP contribution is 2.15. The average molecular weight is 361 g/mol. The normalized spacial score (nSPS) is 15.6. The fourth-order valence-electron chi connectivity index (χ4n) is 3.44. The van der Waals surface area contributed by atoms with Gasteiger partial charge < -0.3 is 5.32 Å². The van der Waals surface area contributed by atoms with Crippen molar-refractivity contribution >= 4 is 5.91 Å². The third-order valence-electron chi connectivity index (χ3n) is 4.98. The van der Waals surface area contributed by atoms with Crippen LogP contribution in [-0.4, -0.2) is 44.7 Å². The number of likely N-dealkylation sites (tertiary alicyclic amines) is 1. The van der Waals surface area contributed by atoms with Gasteiger partial charge >= 0.3 is 0 Å². The third-order valence-corrected chi connectivity index (χ3v) is 4.98. The molecule has 0 saturated carbocycles. The second kappa shape index (κ2) is 8.14. The number of hydrogen-bond acceptors (Lipinski definition) is 4. The van der Waals surface area contributed by atoms with Crippen molar-refractivity contribution < 1.29 is 4.79 Å². The number of hydrogen-bond donors (Lipinski definition) is 1. The fraction of sp³-hybridized carbons (Fsp3) is 0.286. The van der Waals surface area contributed by atoms with Crippen LogP contribution in [0.5, 0.6) is 0 Å². The van der Waals surface area contributed by atoms with Crippen molar-refractivity contribution in [2.45, 2.75) is 25.4 Å². The number of nitrogens with one attached hydrogen (secondary N) is 1. The molecule has 6 nitrogen and oxygen atoms in total. The maximum absolute atomic E-state index is 12.5. The van der Waals surface area contributed by atoms with Crippen molar-refractivity contribution in [1.82, 2.24) is 25.0 Å². The third kappa shape index (κ3) is 4.41. The largest absolute Gasteiger partial charge is 0.349 e. The summed E-state index contributed by atoms with van der Waals surface area (Å²) in [5, 5.41) is 7.38. The summed E-state index contributed by atoms with van der Waals surface area (Å²) in [6, 6.07) is 13.8. The van der Waals surface area contributed by atoms with E-state index in [1.165, 1.54) is 5.56 Å². The lowest BCUT2D eigenvalue weighted by atomic mass is 10.0. The van der Waals surface area contributed by atoms with Crippen molar-refractivity contribution in [1.29, 1.82) is 0 Å². The Kier molecular flexibility index (Phi) is 5.25. The quantitative estimate of drug-likeness (QED) is 0.759. The van der Waals surface area contributed by atoms with Gasteiger partial charge in [-0.1, -0.05) is 0 Å². The van der Waals surface area contributed by atoms with Crippen LogP contribution in [0, 0.1) is 0 Å². The van der Waals surface area contributed by atoms with Gasteiger partial charge in [0, 0.05) is 56.0 Å². The summed E-state index contributed by atoms with van der Waals surface area (Å²) in [6.07, 6.45) is 9.24. The van der Waals surface area contributed by atoms with Crippen LogP contribution in [0.2, 0.25) is 0 Å². The molecule has 0 spiro atoms. The summed E-state index contributed by atoms with van der Waals surface area (Å²) in [5.74, 6) is -0.00500. The molecule has 0 unspecified atom stereocenters. The van der Waals surface area contributed by atoms with Crippen LogP contribution in [0.25, 0.3) is 5.69 Å². The van der Waals surface area contributed by atoms with Crippen molar-refractivity contribution in [3.63, 3.8) is 0 Å². The lowest BCUT2D eigenvalue weighted by Crippen LogP contribution is -2.44. The van der Waals surface area contributed by atoms with E-state index >= 15 is 0 Å². The van der Waals surface area contributed by atoms with Crippen LogP contribution >= 0.6 is 0 Å². The molecule has 1 aliphatic heterocycles. The number of aromatic nitrogens is 3. The molecule has 0 radical (unpaired) electrons. The van der Waals surface area contributed by atoms with E-state index in [9.17, 15) is 4.79 Å². The zero-order chi connectivity index (χ0) is 18.5. The van der Waals surface area contributed by atoms with Gasteiger partial charge in [0.1, 0.15) is 0 Å². The first-order valence-corrected chi connectivity index (χ1v) is 9.30. The van der Waals surface area contributed by atoms with E-state index in [1.807, 2.05) is 48.9 Å². The number of nitrogens with zero attached hydrogens (tertiary/aromatic N) is 4. The summed E-state index contributed by atoms with van der Waals surface area (Å²) in [7, 11) is 0. The molecule has 2 aromatic heterocycles. The van der Waals surface area contributed by atoms with Crippen molar-refractivity contribution in [2.75, 3.05) is 13.1 Å². The smallest absolute Gasteiger partial charge is 0.251 e. The summed E-state index contributed by atoms with van der Waals surface area (Å²) < 4.78 is 1.78. The predicted molar refractivity (Wildman–Crippen MR) is 104 cm³/mol. The number of pyridine rings is 1. The monoisotopic (exact) mass is 361 g/mol. The number of amides is 1. The van der Waals surface area contributed by atoms with Gasteiger partial charge in [0.2, 0.25) is 0 Å². The van der Waals surface area contributed by atoms with Gasteiger partial charge in [0.25, 0.3) is 5.91 Å². The lowest BCUT2D eigenvalue weighted by molar-refractivity contribution is 0.0909. The van der Waals surface area contributed by atoms with Crippen molar-refractivity contribution in [3.8, 4) is 5.69 Å². The zero-order valence-electron chi connectivity index (χ0n) is 15.2. The van der Waals surface area contributed by atoms with Crippen molar-refractivity contribution in [3.05, 3.63) is 78.4 Å². The molecule has 0 bridgehead atoms. The first kappa shape index (κ1) is 17.4. The van der Waals surface area contributed by atoms with Gasteiger partial charge in [0.15, 0.2) is 0 Å². The Hall–Kier alpha value is -2.99. The Morgan fingerprint density at radius 1 is 1.04 bits per heavy atom. The fourth-order valence-corrected chi connectivity index (χ4v) is 3.44. The molecule has 3 aromatic rings. The standard InChI is InChI=1S/C21H23N5O/c27-21(18-2-4-20(5-3-18)26-13-1-10-23-26)24-19-8-14-25(15-9-19)16-17-6-11-22-12-7-17/h1-7,10-13,19H,8-9,14-16H2,(H,24,27). The molecule has 27 heavy (non-hydrogen) atoms. The lowest BCUT2D eigenvalue weighted by Gasteiger charge is -2.32. The molecule has 1 aliphatic rings. The van der Waals surface area contributed by atoms with Gasteiger partial charge in [-0.2, -0.15) is 5.10 Å². The topological polar surface area (TPSA) is 63.1 Å². The minimum absolute atomic E-state index is 0.00500. The molecule has 0 aliphatic carbocycles. The first-order valence-electron chi connectivity index (χ1n) is 9.30. The Morgan fingerprint density at radius 2 is 1.78 bits per heavy atom. The van der Waals surface area contributed by atoms with Gasteiger partial charge in [-0.25, -0.2) is 4.68 Å². The van der Waals surface area contributed by atoms with Crippen LogP contribution in [0.3, 0.4) is 0 Å². The molecule has 1 N–H and O–H groups in total. The maximum atomic E-state index is 12.5. The molecule has 4 rings (SSSR count). The number of piperidine rings is 1. The Labute approximate surface area is 158 Å². The summed E-state index contributed by atoms with van der Waals surface area (Å²) in [4.78, 5) is 19.0. The molecular weight excluding hydrogens is 338 g/mol.